The van der Waals surface area contributed by atoms with Gasteiger partial charge in [-0.1, -0.05) is 6.07 Å². The summed E-state index contributed by atoms with van der Waals surface area (Å²) in [5.74, 6) is -0.240. The first-order chi connectivity index (χ1) is 7.95. The van der Waals surface area contributed by atoms with Crippen LogP contribution < -0.4 is 0 Å². The molecule has 0 aliphatic heterocycles. The van der Waals surface area contributed by atoms with Crippen LogP contribution in [0, 0.1) is 11.3 Å². The molecule has 1 amide bonds. The molecule has 0 aliphatic rings. The lowest BCUT2D eigenvalue weighted by Gasteiger charge is -2.08. The number of carbonyl (C=O) groups is 1. The van der Waals surface area contributed by atoms with Crippen molar-refractivity contribution < 1.29 is 9.90 Å². The number of amides is 1. The first-order valence-corrected chi connectivity index (χ1v) is 5.57. The molecule has 88 valence electrons. The molecule has 0 aromatic heterocycles. The summed E-state index contributed by atoms with van der Waals surface area (Å²) in [6, 6.07) is 6.61. The summed E-state index contributed by atoms with van der Waals surface area (Å²) in [4.78, 5) is 12.9. The van der Waals surface area contributed by atoms with Crippen LogP contribution in [0.15, 0.2) is 28.2 Å². The van der Waals surface area contributed by atoms with Gasteiger partial charge in [0.05, 0.1) is 4.47 Å². The predicted octanol–water partition coefficient (Wildman–Crippen LogP) is 2.15. The van der Waals surface area contributed by atoms with Crippen molar-refractivity contribution in [3.63, 3.8) is 0 Å². The van der Waals surface area contributed by atoms with E-state index < -0.39 is 0 Å². The van der Waals surface area contributed by atoms with Crippen molar-refractivity contribution in [3.05, 3.63) is 33.8 Å². The molecule has 0 heterocycles. The van der Waals surface area contributed by atoms with E-state index in [0.29, 0.717) is 10.0 Å². The molecule has 0 saturated carbocycles. The second kappa shape index (κ2) is 5.51. The minimum Gasteiger partial charge on any atom is -0.507 e. The summed E-state index contributed by atoms with van der Waals surface area (Å²) >= 11 is 3.17. The normalized spacial score (nSPS) is 10.8. The third kappa shape index (κ3) is 3.33. The number of likely N-dealkylation sites (N-methyl/N-ethyl adjacent to an activating group) is 1. The van der Waals surface area contributed by atoms with Gasteiger partial charge in [-0.05, 0) is 39.7 Å². The average Bonchev–Trinajstić information content (AvgIpc) is 2.29. The highest BCUT2D eigenvalue weighted by Crippen LogP contribution is 2.25. The Labute approximate surface area is 108 Å². The fraction of sp³-hybridized carbons (Fsp3) is 0.167. The van der Waals surface area contributed by atoms with Gasteiger partial charge in [0.2, 0.25) is 0 Å². The Hall–Kier alpha value is -1.80. The maximum absolute atomic E-state index is 11.6. The Morgan fingerprint density at radius 2 is 2.18 bits per heavy atom. The molecule has 1 aromatic rings. The van der Waals surface area contributed by atoms with Crippen LogP contribution in [-0.2, 0) is 4.79 Å². The molecule has 0 atom stereocenters. The smallest absolute Gasteiger partial charge is 0.264 e. The van der Waals surface area contributed by atoms with Crippen LogP contribution in [0.5, 0.6) is 5.75 Å². The summed E-state index contributed by atoms with van der Waals surface area (Å²) in [7, 11) is 3.17. The Morgan fingerprint density at radius 3 is 2.65 bits per heavy atom. The summed E-state index contributed by atoms with van der Waals surface area (Å²) in [5, 5.41) is 18.2. The Bertz CT molecular complexity index is 516. The van der Waals surface area contributed by atoms with Crippen molar-refractivity contribution in [1.82, 2.24) is 4.90 Å². The summed E-state index contributed by atoms with van der Waals surface area (Å²) in [6.45, 7) is 0. The Balaban J connectivity index is 3.12. The van der Waals surface area contributed by atoms with Gasteiger partial charge in [0.15, 0.2) is 0 Å². The molecule has 0 fully saturated rings. The highest BCUT2D eigenvalue weighted by molar-refractivity contribution is 9.10. The molecule has 0 bridgehead atoms. The van der Waals surface area contributed by atoms with Crippen LogP contribution in [0.1, 0.15) is 5.56 Å². The topological polar surface area (TPSA) is 64.3 Å². The van der Waals surface area contributed by atoms with E-state index in [2.05, 4.69) is 15.9 Å². The average molecular weight is 295 g/mol. The number of nitriles is 1. The number of hydrogen-bond acceptors (Lipinski definition) is 3. The number of aromatic hydroxyl groups is 1. The third-order valence-corrected chi connectivity index (χ3v) is 2.67. The van der Waals surface area contributed by atoms with Gasteiger partial charge in [-0.25, -0.2) is 0 Å². The van der Waals surface area contributed by atoms with Crippen molar-refractivity contribution >= 4 is 27.9 Å². The summed E-state index contributed by atoms with van der Waals surface area (Å²) in [5.41, 5.74) is 0.717. The van der Waals surface area contributed by atoms with Crippen molar-refractivity contribution in [3.8, 4) is 11.8 Å². The SMILES string of the molecule is CN(C)C(=O)C(C#N)=Cc1ccc(O)c(Br)c1. The van der Waals surface area contributed by atoms with Crippen molar-refractivity contribution in [2.45, 2.75) is 0 Å². The zero-order valence-corrected chi connectivity index (χ0v) is 11.0. The van der Waals surface area contributed by atoms with Crippen LogP contribution in [0.25, 0.3) is 6.08 Å². The van der Waals surface area contributed by atoms with Crippen LogP contribution in [-0.4, -0.2) is 30.0 Å². The summed E-state index contributed by atoms with van der Waals surface area (Å²) < 4.78 is 0.515. The Morgan fingerprint density at radius 1 is 1.53 bits per heavy atom. The van der Waals surface area contributed by atoms with Crippen LogP contribution in [0.3, 0.4) is 0 Å². The molecule has 17 heavy (non-hydrogen) atoms. The molecule has 0 unspecified atom stereocenters. The van der Waals surface area contributed by atoms with Gasteiger partial charge >= 0.3 is 0 Å². The van der Waals surface area contributed by atoms with Crippen LogP contribution in [0.2, 0.25) is 0 Å². The molecular formula is C12H11BrN2O2. The van der Waals surface area contributed by atoms with E-state index in [4.69, 9.17) is 5.26 Å². The molecule has 1 aromatic carbocycles. The maximum atomic E-state index is 11.6. The van der Waals surface area contributed by atoms with E-state index in [9.17, 15) is 9.90 Å². The quantitative estimate of drug-likeness (QED) is 0.671. The van der Waals surface area contributed by atoms with E-state index in [1.165, 1.54) is 17.0 Å². The third-order valence-electron chi connectivity index (χ3n) is 2.04. The second-order valence-electron chi connectivity index (χ2n) is 3.58. The summed E-state index contributed by atoms with van der Waals surface area (Å²) in [6.07, 6.45) is 1.48. The fourth-order valence-electron chi connectivity index (χ4n) is 1.16. The lowest BCUT2D eigenvalue weighted by molar-refractivity contribution is -0.124. The molecule has 0 saturated heterocycles. The van der Waals surface area contributed by atoms with Gasteiger partial charge in [-0.15, -0.1) is 0 Å². The zero-order valence-electron chi connectivity index (χ0n) is 9.44. The van der Waals surface area contributed by atoms with E-state index in [0.717, 1.165) is 0 Å². The minimum atomic E-state index is -0.350. The lowest BCUT2D eigenvalue weighted by Crippen LogP contribution is -2.22. The second-order valence-corrected chi connectivity index (χ2v) is 4.43. The minimum absolute atomic E-state index is 0.0487. The van der Waals surface area contributed by atoms with Crippen molar-refractivity contribution in [2.75, 3.05) is 14.1 Å². The first kappa shape index (κ1) is 13.3. The van der Waals surface area contributed by atoms with Crippen molar-refractivity contribution in [2.24, 2.45) is 0 Å². The van der Waals surface area contributed by atoms with Gasteiger partial charge in [0.1, 0.15) is 17.4 Å². The van der Waals surface area contributed by atoms with E-state index in [-0.39, 0.29) is 17.2 Å². The van der Waals surface area contributed by atoms with Crippen LogP contribution in [0.4, 0.5) is 0 Å². The zero-order chi connectivity index (χ0) is 13.0. The standard InChI is InChI=1S/C12H11BrN2O2/c1-15(2)12(17)9(7-14)5-8-3-4-11(16)10(13)6-8/h3-6,16H,1-2H3. The fourth-order valence-corrected chi connectivity index (χ4v) is 1.56. The monoisotopic (exact) mass is 294 g/mol. The highest BCUT2D eigenvalue weighted by atomic mass is 79.9. The molecule has 4 nitrogen and oxygen atoms in total. The lowest BCUT2D eigenvalue weighted by atomic mass is 10.1. The number of benzene rings is 1. The number of rotatable bonds is 2. The molecule has 0 aliphatic carbocycles. The predicted molar refractivity (Wildman–Crippen MR) is 68.1 cm³/mol. The molecular weight excluding hydrogens is 284 g/mol. The largest absolute Gasteiger partial charge is 0.507 e. The number of nitrogens with zero attached hydrogens (tertiary/aromatic N) is 2. The number of carbonyl (C=O) groups excluding carboxylic acids is 1. The molecule has 0 radical (unpaired) electrons. The number of hydrogen-bond donors (Lipinski definition) is 1. The first-order valence-electron chi connectivity index (χ1n) is 4.77. The van der Waals surface area contributed by atoms with Gasteiger partial charge in [0.25, 0.3) is 5.91 Å². The molecule has 1 rings (SSSR count). The van der Waals surface area contributed by atoms with Crippen LogP contribution >= 0.6 is 15.9 Å². The van der Waals surface area contributed by atoms with E-state index >= 15 is 0 Å². The van der Waals surface area contributed by atoms with Crippen molar-refractivity contribution in [1.29, 1.82) is 5.26 Å². The van der Waals surface area contributed by atoms with E-state index in [1.807, 2.05) is 6.07 Å². The number of halogens is 1. The van der Waals surface area contributed by atoms with Gasteiger partial charge in [-0.3, -0.25) is 4.79 Å². The number of phenols is 1. The molecule has 1 N–H and O–H groups in total. The molecule has 0 spiro atoms. The Kier molecular flexibility index (Phi) is 4.30. The van der Waals surface area contributed by atoms with Gasteiger partial charge < -0.3 is 10.0 Å². The van der Waals surface area contributed by atoms with Gasteiger partial charge in [0, 0.05) is 14.1 Å². The molecule has 5 heteroatoms. The number of phenolic OH excluding ortho intramolecular Hbond substituents is 1. The van der Waals surface area contributed by atoms with E-state index in [1.54, 1.807) is 26.2 Å². The maximum Gasteiger partial charge on any atom is 0.264 e. The highest BCUT2D eigenvalue weighted by Gasteiger charge is 2.11. The van der Waals surface area contributed by atoms with Gasteiger partial charge in [-0.2, -0.15) is 5.26 Å².